The van der Waals surface area contributed by atoms with E-state index >= 15 is 0 Å². The summed E-state index contributed by atoms with van der Waals surface area (Å²) in [5.74, 6) is 0.639. The molecular weight excluding hydrogens is 439 g/mol. The second-order valence-corrected chi connectivity index (χ2v) is 9.03. The molecule has 0 aromatic heterocycles. The minimum atomic E-state index is -0.551. The maximum atomic E-state index is 13.0. The summed E-state index contributed by atoms with van der Waals surface area (Å²) in [5, 5.41) is 4.06. The lowest BCUT2D eigenvalue weighted by Crippen LogP contribution is -2.48. The molecule has 0 aliphatic rings. The molecule has 0 saturated carbocycles. The normalized spacial score (nSPS) is 11.8. The van der Waals surface area contributed by atoms with E-state index in [1.807, 2.05) is 44.2 Å². The number of halogens is 2. The number of nitrogens with zero attached hydrogens (tertiary/aromatic N) is 1. The predicted octanol–water partition coefficient (Wildman–Crippen LogP) is 5.48. The smallest absolute Gasteiger partial charge is 0.242 e. The minimum Gasteiger partial charge on any atom is -0.354 e. The lowest BCUT2D eigenvalue weighted by atomic mass is 10.1. The number of nitrogens with one attached hydrogen (secondary N) is 1. The van der Waals surface area contributed by atoms with E-state index in [0.29, 0.717) is 28.9 Å². The van der Waals surface area contributed by atoms with Gasteiger partial charge in [0.25, 0.3) is 0 Å². The van der Waals surface area contributed by atoms with Gasteiger partial charge in [0.15, 0.2) is 0 Å². The molecule has 2 amide bonds. The molecule has 0 radical (unpaired) electrons. The highest BCUT2D eigenvalue weighted by atomic mass is 35.5. The fraction of sp³-hybridized carbons (Fsp3) is 0.391. The van der Waals surface area contributed by atoms with Crippen molar-refractivity contribution in [3.63, 3.8) is 0 Å². The Morgan fingerprint density at radius 3 is 2.47 bits per heavy atom. The van der Waals surface area contributed by atoms with Gasteiger partial charge in [0.05, 0.1) is 5.75 Å². The number of thioether (sulfide) groups is 1. The summed E-state index contributed by atoms with van der Waals surface area (Å²) in [6.45, 7) is 6.78. The fourth-order valence-corrected chi connectivity index (χ4v) is 4.31. The Hall–Kier alpha value is -1.69. The van der Waals surface area contributed by atoms with Gasteiger partial charge in [-0.15, -0.1) is 11.8 Å². The van der Waals surface area contributed by atoms with E-state index in [0.717, 1.165) is 23.1 Å². The number of aryl methyl sites for hydroxylation is 1. The fourth-order valence-electron chi connectivity index (χ4n) is 2.84. The molecule has 2 aromatic carbocycles. The van der Waals surface area contributed by atoms with Gasteiger partial charge in [-0.2, -0.15) is 0 Å². The lowest BCUT2D eigenvalue weighted by molar-refractivity contribution is -0.138. The van der Waals surface area contributed by atoms with Crippen LogP contribution in [0.1, 0.15) is 37.0 Å². The van der Waals surface area contributed by atoms with Gasteiger partial charge >= 0.3 is 0 Å². The van der Waals surface area contributed by atoms with Crippen molar-refractivity contribution in [3.8, 4) is 0 Å². The molecule has 0 bridgehead atoms. The molecular formula is C23H28Cl2N2O2S. The molecule has 0 heterocycles. The molecule has 30 heavy (non-hydrogen) atoms. The number of amides is 2. The Morgan fingerprint density at radius 1 is 1.13 bits per heavy atom. The maximum Gasteiger partial charge on any atom is 0.242 e. The van der Waals surface area contributed by atoms with Crippen molar-refractivity contribution in [1.29, 1.82) is 0 Å². The molecule has 2 rings (SSSR count). The van der Waals surface area contributed by atoms with Gasteiger partial charge < -0.3 is 10.2 Å². The van der Waals surface area contributed by atoms with Gasteiger partial charge in [-0.3, -0.25) is 9.59 Å². The molecule has 0 spiro atoms. The van der Waals surface area contributed by atoms with Crippen LogP contribution in [0.5, 0.6) is 0 Å². The van der Waals surface area contributed by atoms with E-state index in [9.17, 15) is 9.59 Å². The van der Waals surface area contributed by atoms with Gasteiger partial charge in [0.1, 0.15) is 6.04 Å². The van der Waals surface area contributed by atoms with E-state index < -0.39 is 6.04 Å². The highest BCUT2D eigenvalue weighted by molar-refractivity contribution is 7.99. The highest BCUT2D eigenvalue weighted by Crippen LogP contribution is 2.25. The second kappa shape index (κ2) is 12.2. The number of rotatable bonds is 10. The Balaban J connectivity index is 2.06. The first-order valence-corrected chi connectivity index (χ1v) is 11.9. The van der Waals surface area contributed by atoms with Crippen LogP contribution in [0.3, 0.4) is 0 Å². The zero-order valence-corrected chi connectivity index (χ0v) is 19.9. The number of hydrogen-bond donors (Lipinski definition) is 1. The van der Waals surface area contributed by atoms with Crippen molar-refractivity contribution in [2.24, 2.45) is 0 Å². The van der Waals surface area contributed by atoms with Crippen molar-refractivity contribution in [1.82, 2.24) is 10.2 Å². The summed E-state index contributed by atoms with van der Waals surface area (Å²) >= 11 is 13.6. The number of hydrogen-bond acceptors (Lipinski definition) is 3. The van der Waals surface area contributed by atoms with Crippen LogP contribution in [-0.4, -0.2) is 35.1 Å². The summed E-state index contributed by atoms with van der Waals surface area (Å²) < 4.78 is 0. The average Bonchev–Trinajstić information content (AvgIpc) is 2.72. The van der Waals surface area contributed by atoms with Crippen molar-refractivity contribution >= 4 is 46.8 Å². The van der Waals surface area contributed by atoms with E-state index in [4.69, 9.17) is 23.2 Å². The molecule has 162 valence electrons. The summed E-state index contributed by atoms with van der Waals surface area (Å²) in [5.41, 5.74) is 3.08. The maximum absolute atomic E-state index is 13.0. The van der Waals surface area contributed by atoms with Gasteiger partial charge in [0.2, 0.25) is 11.8 Å². The third-order valence-electron chi connectivity index (χ3n) is 4.69. The molecule has 1 unspecified atom stereocenters. The summed E-state index contributed by atoms with van der Waals surface area (Å²) in [6, 6.07) is 12.8. The molecule has 0 aliphatic carbocycles. The molecule has 1 atom stereocenters. The monoisotopic (exact) mass is 466 g/mol. The third-order valence-corrected chi connectivity index (χ3v) is 6.24. The Bertz CT molecular complexity index is 859. The van der Waals surface area contributed by atoms with Gasteiger partial charge in [-0.1, -0.05) is 66.0 Å². The summed E-state index contributed by atoms with van der Waals surface area (Å²) in [6.07, 6.45) is 0.849. The predicted molar refractivity (Wildman–Crippen MR) is 127 cm³/mol. The lowest BCUT2D eigenvalue weighted by Gasteiger charge is -2.29. The van der Waals surface area contributed by atoms with Gasteiger partial charge in [-0.05, 0) is 43.5 Å². The first-order chi connectivity index (χ1) is 14.3. The Kier molecular flexibility index (Phi) is 10.0. The molecule has 1 N–H and O–H groups in total. The number of carbonyl (C=O) groups excluding carboxylic acids is 2. The van der Waals surface area contributed by atoms with Crippen LogP contribution >= 0.6 is 35.0 Å². The molecule has 7 heteroatoms. The largest absolute Gasteiger partial charge is 0.354 e. The van der Waals surface area contributed by atoms with Crippen LogP contribution in [0.15, 0.2) is 42.5 Å². The van der Waals surface area contributed by atoms with E-state index in [2.05, 4.69) is 5.32 Å². The van der Waals surface area contributed by atoms with Crippen LogP contribution in [0.2, 0.25) is 10.0 Å². The van der Waals surface area contributed by atoms with Crippen LogP contribution in [-0.2, 0) is 21.9 Å². The first-order valence-electron chi connectivity index (χ1n) is 9.96. The third kappa shape index (κ3) is 7.53. The molecule has 0 aliphatic heterocycles. The summed E-state index contributed by atoms with van der Waals surface area (Å²) in [4.78, 5) is 27.2. The standard InChI is InChI=1S/C23H28Cl2N2O2S/c1-4-11-26-23(29)17(3)27(13-18-7-5-16(2)6-8-18)22(28)15-30-14-19-9-10-20(24)12-21(19)25/h5-10,12,17H,4,11,13-15H2,1-3H3,(H,26,29). The van der Waals surface area contributed by atoms with Crippen molar-refractivity contribution in [3.05, 3.63) is 69.2 Å². The van der Waals surface area contributed by atoms with Crippen LogP contribution < -0.4 is 5.32 Å². The quantitative estimate of drug-likeness (QED) is 0.504. The summed E-state index contributed by atoms with van der Waals surface area (Å²) in [7, 11) is 0. The van der Waals surface area contributed by atoms with Crippen LogP contribution in [0, 0.1) is 6.92 Å². The Morgan fingerprint density at radius 2 is 1.83 bits per heavy atom. The first kappa shape index (κ1) is 24.6. The van der Waals surface area contributed by atoms with Gasteiger partial charge in [0, 0.05) is 28.9 Å². The topological polar surface area (TPSA) is 49.4 Å². The molecule has 2 aromatic rings. The minimum absolute atomic E-state index is 0.0789. The van der Waals surface area contributed by atoms with Crippen molar-refractivity contribution in [2.45, 2.75) is 45.5 Å². The Labute approximate surface area is 193 Å². The number of carbonyl (C=O) groups is 2. The van der Waals surface area contributed by atoms with Crippen molar-refractivity contribution < 1.29 is 9.59 Å². The number of benzene rings is 2. The molecule has 0 saturated heterocycles. The van der Waals surface area contributed by atoms with E-state index in [1.165, 1.54) is 11.8 Å². The second-order valence-electron chi connectivity index (χ2n) is 7.20. The molecule has 4 nitrogen and oxygen atoms in total. The zero-order valence-electron chi connectivity index (χ0n) is 17.6. The van der Waals surface area contributed by atoms with Crippen molar-refractivity contribution in [2.75, 3.05) is 12.3 Å². The molecule has 0 fully saturated rings. The SMILES string of the molecule is CCCNC(=O)C(C)N(Cc1ccc(C)cc1)C(=O)CSCc1ccc(Cl)cc1Cl. The van der Waals surface area contributed by atoms with E-state index in [-0.39, 0.29) is 17.6 Å². The average molecular weight is 467 g/mol. The van der Waals surface area contributed by atoms with E-state index in [1.54, 1.807) is 24.0 Å². The van der Waals surface area contributed by atoms with Crippen LogP contribution in [0.4, 0.5) is 0 Å². The van der Waals surface area contributed by atoms with Gasteiger partial charge in [-0.25, -0.2) is 0 Å². The van der Waals surface area contributed by atoms with Crippen LogP contribution in [0.25, 0.3) is 0 Å². The zero-order chi connectivity index (χ0) is 22.1. The highest BCUT2D eigenvalue weighted by Gasteiger charge is 2.25.